The fraction of sp³-hybridized carbons (Fsp3) is 0.241. The number of methoxy groups -OCH3 is 2. The molecule has 9 heteroatoms. The molecule has 198 valence electrons. The summed E-state index contributed by atoms with van der Waals surface area (Å²) in [4.78, 5) is 29.7. The zero-order chi connectivity index (χ0) is 27.6. The van der Waals surface area contributed by atoms with Gasteiger partial charge in [0.05, 0.1) is 37.1 Å². The number of aliphatic hydroxyl groups excluding tert-OH is 1. The van der Waals surface area contributed by atoms with Gasteiger partial charge in [-0.1, -0.05) is 12.1 Å². The number of hydrogen-bond acceptors (Lipinski definition) is 6. The minimum atomic E-state index is -1.23. The Morgan fingerprint density at radius 1 is 0.947 bits per heavy atom. The standard InChI is InChI=1S/C29H28F2N2O5/c1-5-32(6-2)19-10-7-17(8-11-19)26-25(27(34)21-13-12-20(37-3)16-24(21)38-4)28(35)29(36)33(26)23-15-18(30)9-14-22(23)31/h7-16,26,34H,5-6H2,1-4H3/b27-25-. The first kappa shape index (κ1) is 26.7. The van der Waals surface area contributed by atoms with Crippen LogP contribution >= 0.6 is 0 Å². The maximum Gasteiger partial charge on any atom is 0.300 e. The highest BCUT2D eigenvalue weighted by atomic mass is 19.1. The average molecular weight is 523 g/mol. The second-order valence-electron chi connectivity index (χ2n) is 8.59. The van der Waals surface area contributed by atoms with E-state index in [1.165, 1.54) is 26.4 Å². The van der Waals surface area contributed by atoms with Crippen molar-refractivity contribution in [3.8, 4) is 11.5 Å². The Balaban J connectivity index is 1.96. The number of aliphatic hydroxyl groups is 1. The minimum absolute atomic E-state index is 0.135. The summed E-state index contributed by atoms with van der Waals surface area (Å²) in [5, 5.41) is 11.4. The van der Waals surface area contributed by atoms with E-state index < -0.39 is 40.8 Å². The van der Waals surface area contributed by atoms with Gasteiger partial charge in [-0.25, -0.2) is 8.78 Å². The van der Waals surface area contributed by atoms with Crippen LogP contribution in [0.5, 0.6) is 11.5 Å². The Kier molecular flexibility index (Phi) is 7.66. The van der Waals surface area contributed by atoms with Crippen LogP contribution in [0.2, 0.25) is 0 Å². The number of nitrogens with zero attached hydrogens (tertiary/aromatic N) is 2. The lowest BCUT2D eigenvalue weighted by Crippen LogP contribution is -2.30. The second kappa shape index (κ2) is 10.9. The molecule has 1 atom stereocenters. The van der Waals surface area contributed by atoms with E-state index in [2.05, 4.69) is 4.90 Å². The number of anilines is 2. The Morgan fingerprint density at radius 2 is 1.63 bits per heavy atom. The number of amides is 1. The molecule has 1 N–H and O–H groups in total. The van der Waals surface area contributed by atoms with Crippen LogP contribution in [0.4, 0.5) is 20.2 Å². The molecule has 0 aliphatic carbocycles. The first-order valence-electron chi connectivity index (χ1n) is 12.1. The van der Waals surface area contributed by atoms with Crippen molar-refractivity contribution in [2.45, 2.75) is 19.9 Å². The number of ether oxygens (including phenoxy) is 2. The quantitative estimate of drug-likeness (QED) is 0.241. The van der Waals surface area contributed by atoms with Crippen molar-refractivity contribution in [2.24, 2.45) is 0 Å². The molecular weight excluding hydrogens is 494 g/mol. The van der Waals surface area contributed by atoms with E-state index in [0.29, 0.717) is 11.3 Å². The third-order valence-electron chi connectivity index (χ3n) is 6.61. The zero-order valence-corrected chi connectivity index (χ0v) is 21.5. The summed E-state index contributed by atoms with van der Waals surface area (Å²) >= 11 is 0. The van der Waals surface area contributed by atoms with Crippen LogP contribution in [0.15, 0.2) is 66.2 Å². The van der Waals surface area contributed by atoms with Crippen molar-refractivity contribution >= 4 is 28.8 Å². The molecule has 3 aromatic rings. The molecule has 1 heterocycles. The number of rotatable bonds is 8. The van der Waals surface area contributed by atoms with E-state index in [1.54, 1.807) is 18.2 Å². The summed E-state index contributed by atoms with van der Waals surface area (Å²) in [6.07, 6.45) is 0. The van der Waals surface area contributed by atoms with Crippen LogP contribution < -0.4 is 19.3 Å². The van der Waals surface area contributed by atoms with E-state index in [1.807, 2.05) is 26.0 Å². The normalized spacial score (nSPS) is 16.6. The SMILES string of the molecule is CCN(CC)c1ccc(C2/C(=C(/O)c3ccc(OC)cc3OC)C(=O)C(=O)N2c2cc(F)ccc2F)cc1. The molecule has 38 heavy (non-hydrogen) atoms. The lowest BCUT2D eigenvalue weighted by Gasteiger charge is -2.27. The lowest BCUT2D eigenvalue weighted by molar-refractivity contribution is -0.132. The van der Waals surface area contributed by atoms with Crippen molar-refractivity contribution in [1.29, 1.82) is 0 Å². The molecule has 3 aromatic carbocycles. The Bertz CT molecular complexity index is 1400. The number of benzene rings is 3. The highest BCUT2D eigenvalue weighted by molar-refractivity contribution is 6.51. The molecule has 1 saturated heterocycles. The van der Waals surface area contributed by atoms with E-state index in [0.717, 1.165) is 41.9 Å². The van der Waals surface area contributed by atoms with Gasteiger partial charge in [0.25, 0.3) is 11.7 Å². The van der Waals surface area contributed by atoms with Crippen molar-refractivity contribution in [3.05, 3.63) is 89.0 Å². The third kappa shape index (κ3) is 4.67. The summed E-state index contributed by atoms with van der Waals surface area (Å²) in [5.41, 5.74) is 0.779. The molecule has 7 nitrogen and oxygen atoms in total. The van der Waals surface area contributed by atoms with Crippen LogP contribution in [0.25, 0.3) is 5.76 Å². The maximum atomic E-state index is 14.9. The van der Waals surface area contributed by atoms with Crippen molar-refractivity contribution in [3.63, 3.8) is 0 Å². The lowest BCUT2D eigenvalue weighted by atomic mass is 9.94. The second-order valence-corrected chi connectivity index (χ2v) is 8.59. The summed E-state index contributed by atoms with van der Waals surface area (Å²) in [6, 6.07) is 13.0. The fourth-order valence-electron chi connectivity index (χ4n) is 4.66. The van der Waals surface area contributed by atoms with Crippen LogP contribution in [0.3, 0.4) is 0 Å². The largest absolute Gasteiger partial charge is 0.507 e. The zero-order valence-electron chi connectivity index (χ0n) is 21.5. The third-order valence-corrected chi connectivity index (χ3v) is 6.61. The van der Waals surface area contributed by atoms with Crippen LogP contribution in [-0.4, -0.2) is 44.1 Å². The monoisotopic (exact) mass is 522 g/mol. The fourth-order valence-corrected chi connectivity index (χ4v) is 4.66. The van der Waals surface area contributed by atoms with Crippen LogP contribution in [-0.2, 0) is 9.59 Å². The molecule has 1 aliphatic heterocycles. The summed E-state index contributed by atoms with van der Waals surface area (Å²) < 4.78 is 39.7. The summed E-state index contributed by atoms with van der Waals surface area (Å²) in [5.74, 6) is -3.68. The number of halogens is 2. The van der Waals surface area contributed by atoms with E-state index in [-0.39, 0.29) is 16.9 Å². The average Bonchev–Trinajstić information content (AvgIpc) is 3.20. The van der Waals surface area contributed by atoms with Gasteiger partial charge in [0.15, 0.2) is 0 Å². The number of carbonyl (C=O) groups excluding carboxylic acids is 2. The van der Waals surface area contributed by atoms with Gasteiger partial charge in [0.1, 0.15) is 28.9 Å². The number of ketones is 1. The predicted molar refractivity (Wildman–Crippen MR) is 141 cm³/mol. The van der Waals surface area contributed by atoms with E-state index in [9.17, 15) is 23.5 Å². The highest BCUT2D eigenvalue weighted by Gasteiger charge is 2.48. The molecule has 0 aromatic heterocycles. The van der Waals surface area contributed by atoms with Crippen molar-refractivity contribution in [2.75, 3.05) is 37.1 Å². The van der Waals surface area contributed by atoms with Crippen LogP contribution in [0, 0.1) is 11.6 Å². The van der Waals surface area contributed by atoms with Gasteiger partial charge in [-0.05, 0) is 55.8 Å². The first-order chi connectivity index (χ1) is 18.2. The Hall–Kier alpha value is -4.40. The molecule has 0 radical (unpaired) electrons. The molecule has 0 saturated carbocycles. The molecule has 1 fully saturated rings. The van der Waals surface area contributed by atoms with Crippen molar-refractivity contribution < 1.29 is 33.0 Å². The van der Waals surface area contributed by atoms with Gasteiger partial charge in [-0.2, -0.15) is 0 Å². The van der Waals surface area contributed by atoms with E-state index >= 15 is 0 Å². The maximum absolute atomic E-state index is 14.9. The molecule has 0 spiro atoms. The molecule has 0 bridgehead atoms. The predicted octanol–water partition coefficient (Wildman–Crippen LogP) is 5.45. The van der Waals surface area contributed by atoms with Gasteiger partial charge < -0.3 is 19.5 Å². The van der Waals surface area contributed by atoms with Gasteiger partial charge in [0.2, 0.25) is 0 Å². The topological polar surface area (TPSA) is 79.3 Å². The summed E-state index contributed by atoms with van der Waals surface area (Å²) in [7, 11) is 2.85. The molecule has 1 aliphatic rings. The first-order valence-corrected chi connectivity index (χ1v) is 12.1. The molecular formula is C29H28F2N2O5. The van der Waals surface area contributed by atoms with Gasteiger partial charge in [-0.3, -0.25) is 14.5 Å². The van der Waals surface area contributed by atoms with Gasteiger partial charge >= 0.3 is 0 Å². The Labute approximate surface area is 219 Å². The smallest absolute Gasteiger partial charge is 0.300 e. The Morgan fingerprint density at radius 3 is 2.24 bits per heavy atom. The van der Waals surface area contributed by atoms with Gasteiger partial charge in [0, 0.05) is 30.9 Å². The number of hydrogen-bond donors (Lipinski definition) is 1. The minimum Gasteiger partial charge on any atom is -0.507 e. The molecule has 4 rings (SSSR count). The van der Waals surface area contributed by atoms with Crippen LogP contribution in [0.1, 0.15) is 31.0 Å². The molecule has 1 amide bonds. The molecule has 1 unspecified atom stereocenters. The van der Waals surface area contributed by atoms with Crippen molar-refractivity contribution in [1.82, 2.24) is 0 Å². The van der Waals surface area contributed by atoms with E-state index in [4.69, 9.17) is 9.47 Å². The highest BCUT2D eigenvalue weighted by Crippen LogP contribution is 2.44. The number of Topliss-reactive ketones (excluding diaryl/α,β-unsaturated/α-hetero) is 1. The van der Waals surface area contributed by atoms with Gasteiger partial charge in [-0.15, -0.1) is 0 Å². The number of carbonyl (C=O) groups is 2. The summed E-state index contributed by atoms with van der Waals surface area (Å²) in [6.45, 7) is 5.56.